The van der Waals surface area contributed by atoms with E-state index in [-0.39, 0.29) is 18.1 Å². The molecule has 3 nitrogen and oxygen atoms in total. The minimum absolute atomic E-state index is 0.126. The molecule has 0 aliphatic rings. The van der Waals surface area contributed by atoms with Crippen LogP contribution in [0.2, 0.25) is 5.02 Å². The predicted molar refractivity (Wildman–Crippen MR) is 69.1 cm³/mol. The molecule has 0 spiro atoms. The molecule has 0 aromatic heterocycles. The highest BCUT2D eigenvalue weighted by atomic mass is 35.5. The summed E-state index contributed by atoms with van der Waals surface area (Å²) >= 11 is 5.84. The Morgan fingerprint density at radius 1 is 1.41 bits per heavy atom. The maximum absolute atomic E-state index is 11.3. The fourth-order valence-electron chi connectivity index (χ4n) is 1.69. The van der Waals surface area contributed by atoms with Crippen molar-refractivity contribution >= 4 is 17.6 Å². The molecule has 0 saturated heterocycles. The number of carbonyl (C=O) groups excluding carboxylic acids is 1. The van der Waals surface area contributed by atoms with Gasteiger partial charge in [-0.1, -0.05) is 30.7 Å². The maximum Gasteiger partial charge on any atom is 0.322 e. The van der Waals surface area contributed by atoms with Gasteiger partial charge in [0.05, 0.1) is 7.11 Å². The smallest absolute Gasteiger partial charge is 0.322 e. The van der Waals surface area contributed by atoms with E-state index >= 15 is 0 Å². The molecule has 0 aliphatic heterocycles. The Morgan fingerprint density at radius 2 is 2.00 bits per heavy atom. The van der Waals surface area contributed by atoms with E-state index in [9.17, 15) is 4.79 Å². The van der Waals surface area contributed by atoms with E-state index in [1.54, 1.807) is 6.92 Å². The third-order valence-corrected chi connectivity index (χ3v) is 2.94. The summed E-state index contributed by atoms with van der Waals surface area (Å²) in [7, 11) is 1.39. The molecule has 2 atom stereocenters. The Bertz CT molecular complexity index is 364. The van der Waals surface area contributed by atoms with Crippen LogP contribution in [0.25, 0.3) is 0 Å². The van der Waals surface area contributed by atoms with Gasteiger partial charge in [0.25, 0.3) is 0 Å². The van der Waals surface area contributed by atoms with Gasteiger partial charge in [-0.3, -0.25) is 10.1 Å². The van der Waals surface area contributed by atoms with Crippen LogP contribution >= 0.6 is 11.6 Å². The minimum Gasteiger partial charge on any atom is -0.468 e. The number of ether oxygens (including phenoxy) is 1. The number of nitrogens with one attached hydrogen (secondary N) is 1. The molecule has 0 amide bonds. The summed E-state index contributed by atoms with van der Waals surface area (Å²) in [5, 5.41) is 3.95. The van der Waals surface area contributed by atoms with Crippen LogP contribution in [0.3, 0.4) is 0 Å². The maximum atomic E-state index is 11.3. The SMILES string of the molecule is CCC(NC(C)C(=O)OC)c1ccc(Cl)cc1. The van der Waals surface area contributed by atoms with E-state index in [1.807, 2.05) is 24.3 Å². The second-order valence-electron chi connectivity index (χ2n) is 3.92. The lowest BCUT2D eigenvalue weighted by Crippen LogP contribution is -2.37. The van der Waals surface area contributed by atoms with E-state index in [2.05, 4.69) is 17.0 Å². The molecule has 0 heterocycles. The molecule has 2 unspecified atom stereocenters. The molecule has 0 radical (unpaired) electrons. The minimum atomic E-state index is -0.319. The van der Waals surface area contributed by atoms with Crippen molar-refractivity contribution in [3.63, 3.8) is 0 Å². The lowest BCUT2D eigenvalue weighted by molar-refractivity contribution is -0.142. The monoisotopic (exact) mass is 255 g/mol. The van der Waals surface area contributed by atoms with Crippen LogP contribution in [0.5, 0.6) is 0 Å². The molecule has 0 saturated carbocycles. The van der Waals surface area contributed by atoms with E-state index in [0.29, 0.717) is 5.02 Å². The van der Waals surface area contributed by atoms with Gasteiger partial charge in [0.15, 0.2) is 0 Å². The third-order valence-electron chi connectivity index (χ3n) is 2.69. The van der Waals surface area contributed by atoms with Crippen molar-refractivity contribution in [3.05, 3.63) is 34.9 Å². The first-order valence-corrected chi connectivity index (χ1v) is 6.05. The number of esters is 1. The second kappa shape index (κ2) is 6.62. The van der Waals surface area contributed by atoms with Crippen molar-refractivity contribution < 1.29 is 9.53 Å². The quantitative estimate of drug-likeness (QED) is 0.822. The summed E-state index contributed by atoms with van der Waals surface area (Å²) in [5.41, 5.74) is 1.12. The van der Waals surface area contributed by atoms with Crippen molar-refractivity contribution in [2.45, 2.75) is 32.4 Å². The molecule has 1 rings (SSSR count). The van der Waals surface area contributed by atoms with Crippen LogP contribution in [0.15, 0.2) is 24.3 Å². The molecule has 94 valence electrons. The van der Waals surface area contributed by atoms with Crippen LogP contribution in [-0.4, -0.2) is 19.1 Å². The second-order valence-corrected chi connectivity index (χ2v) is 4.36. The predicted octanol–water partition coefficient (Wildman–Crippen LogP) is 2.94. The Kier molecular flexibility index (Phi) is 5.45. The normalized spacial score (nSPS) is 14.1. The molecule has 1 N–H and O–H groups in total. The van der Waals surface area contributed by atoms with Crippen LogP contribution < -0.4 is 5.32 Å². The lowest BCUT2D eigenvalue weighted by atomic mass is 10.0. The highest BCUT2D eigenvalue weighted by Gasteiger charge is 2.18. The number of halogens is 1. The Balaban J connectivity index is 2.71. The zero-order valence-electron chi connectivity index (χ0n) is 10.4. The standard InChI is InChI=1S/C13H18ClNO2/c1-4-12(15-9(2)13(16)17-3)10-5-7-11(14)8-6-10/h5-9,12,15H,4H2,1-3H3. The fraction of sp³-hybridized carbons (Fsp3) is 0.462. The number of hydrogen-bond donors (Lipinski definition) is 1. The summed E-state index contributed by atoms with van der Waals surface area (Å²) in [4.78, 5) is 11.3. The van der Waals surface area contributed by atoms with Crippen LogP contribution in [-0.2, 0) is 9.53 Å². The molecular formula is C13H18ClNO2. The van der Waals surface area contributed by atoms with Crippen molar-refractivity contribution in [3.8, 4) is 0 Å². The number of methoxy groups -OCH3 is 1. The fourth-order valence-corrected chi connectivity index (χ4v) is 1.82. The van der Waals surface area contributed by atoms with Crippen molar-refractivity contribution in [1.29, 1.82) is 0 Å². The van der Waals surface area contributed by atoms with Gasteiger partial charge < -0.3 is 4.74 Å². The largest absolute Gasteiger partial charge is 0.468 e. The highest BCUT2D eigenvalue weighted by Crippen LogP contribution is 2.19. The Hall–Kier alpha value is -1.06. The van der Waals surface area contributed by atoms with Gasteiger partial charge in [-0.2, -0.15) is 0 Å². The summed E-state index contributed by atoms with van der Waals surface area (Å²) in [6.45, 7) is 3.86. The topological polar surface area (TPSA) is 38.3 Å². The van der Waals surface area contributed by atoms with Gasteiger partial charge in [-0.05, 0) is 31.0 Å². The summed E-state index contributed by atoms with van der Waals surface area (Å²) < 4.78 is 4.69. The van der Waals surface area contributed by atoms with E-state index in [4.69, 9.17) is 11.6 Å². The van der Waals surface area contributed by atoms with E-state index in [0.717, 1.165) is 12.0 Å². The van der Waals surface area contributed by atoms with Crippen LogP contribution in [0.4, 0.5) is 0 Å². The number of hydrogen-bond acceptors (Lipinski definition) is 3. The van der Waals surface area contributed by atoms with Crippen molar-refractivity contribution in [2.24, 2.45) is 0 Å². The zero-order chi connectivity index (χ0) is 12.8. The third kappa shape index (κ3) is 4.02. The van der Waals surface area contributed by atoms with Crippen LogP contribution in [0, 0.1) is 0 Å². The van der Waals surface area contributed by atoms with Gasteiger partial charge in [0.1, 0.15) is 6.04 Å². The number of benzene rings is 1. The average Bonchev–Trinajstić information content (AvgIpc) is 2.35. The van der Waals surface area contributed by atoms with E-state index in [1.165, 1.54) is 7.11 Å². The zero-order valence-corrected chi connectivity index (χ0v) is 11.1. The summed E-state index contributed by atoms with van der Waals surface area (Å²) in [5.74, 6) is -0.252. The molecule has 0 aliphatic carbocycles. The molecule has 0 bridgehead atoms. The molecule has 0 fully saturated rings. The van der Waals surface area contributed by atoms with Gasteiger partial charge in [0, 0.05) is 11.1 Å². The van der Waals surface area contributed by atoms with Crippen molar-refractivity contribution in [2.75, 3.05) is 7.11 Å². The molecule has 4 heteroatoms. The first kappa shape index (κ1) is 14.0. The molecule has 17 heavy (non-hydrogen) atoms. The summed E-state index contributed by atoms with van der Waals surface area (Å²) in [6, 6.07) is 7.44. The van der Waals surface area contributed by atoms with Gasteiger partial charge >= 0.3 is 5.97 Å². The first-order valence-electron chi connectivity index (χ1n) is 5.67. The van der Waals surface area contributed by atoms with Gasteiger partial charge in [0.2, 0.25) is 0 Å². The number of carbonyl (C=O) groups is 1. The Labute approximate surface area is 107 Å². The van der Waals surface area contributed by atoms with Crippen molar-refractivity contribution in [1.82, 2.24) is 5.32 Å². The first-order chi connectivity index (χ1) is 8.08. The summed E-state index contributed by atoms with van der Waals surface area (Å²) in [6.07, 6.45) is 0.892. The lowest BCUT2D eigenvalue weighted by Gasteiger charge is -2.21. The molecule has 1 aromatic carbocycles. The highest BCUT2D eigenvalue weighted by molar-refractivity contribution is 6.30. The van der Waals surface area contributed by atoms with E-state index < -0.39 is 0 Å². The number of rotatable bonds is 5. The van der Waals surface area contributed by atoms with Gasteiger partial charge in [-0.25, -0.2) is 0 Å². The molecule has 1 aromatic rings. The Morgan fingerprint density at radius 3 is 2.47 bits per heavy atom. The molecular weight excluding hydrogens is 238 g/mol. The van der Waals surface area contributed by atoms with Gasteiger partial charge in [-0.15, -0.1) is 0 Å². The van der Waals surface area contributed by atoms with Crippen LogP contribution in [0.1, 0.15) is 31.9 Å². The average molecular weight is 256 g/mol.